The largest absolute Gasteiger partial charge is 0.393 e. The summed E-state index contributed by atoms with van der Waals surface area (Å²) in [4.78, 5) is 22.5. The summed E-state index contributed by atoms with van der Waals surface area (Å²) in [7, 11) is 0. The molecule has 1 saturated carbocycles. The number of aromatic nitrogens is 3. The first-order valence-corrected chi connectivity index (χ1v) is 11.1. The maximum atomic E-state index is 13.3. The van der Waals surface area contributed by atoms with Crippen LogP contribution < -0.4 is 10.9 Å². The summed E-state index contributed by atoms with van der Waals surface area (Å²) < 4.78 is 7.39. The lowest BCUT2D eigenvalue weighted by atomic mass is 9.82. The number of pyridine rings is 1. The second-order valence-corrected chi connectivity index (χ2v) is 8.38. The van der Waals surface area contributed by atoms with E-state index in [1.165, 1.54) is 0 Å². The van der Waals surface area contributed by atoms with Gasteiger partial charge in [0.2, 0.25) is 5.95 Å². The number of fused-ring (bicyclic) bond motifs is 1. The summed E-state index contributed by atoms with van der Waals surface area (Å²) in [6, 6.07) is 0.163. The van der Waals surface area contributed by atoms with E-state index in [1.54, 1.807) is 6.20 Å². The molecule has 0 atom stereocenters. The van der Waals surface area contributed by atoms with Crippen molar-refractivity contribution >= 4 is 16.9 Å². The molecule has 0 amide bonds. The number of hydrogen-bond acceptors (Lipinski definition) is 6. The summed E-state index contributed by atoms with van der Waals surface area (Å²) in [5.74, 6) is 0.900. The van der Waals surface area contributed by atoms with Crippen LogP contribution in [0.15, 0.2) is 17.2 Å². The van der Waals surface area contributed by atoms with Crippen molar-refractivity contribution in [2.75, 3.05) is 25.1 Å². The molecule has 2 N–H and O–H groups in total. The molecule has 2 fully saturated rings. The normalized spacial score (nSPS) is 23.4. The molecular formula is C22H32N4O3. The Bertz CT molecular complexity index is 883. The van der Waals surface area contributed by atoms with Crippen LogP contribution in [0.25, 0.3) is 10.9 Å². The highest BCUT2D eigenvalue weighted by Crippen LogP contribution is 2.36. The highest BCUT2D eigenvalue weighted by atomic mass is 16.5. The molecule has 1 aliphatic carbocycles. The third-order valence-electron chi connectivity index (χ3n) is 6.34. The molecule has 1 saturated heterocycles. The Morgan fingerprint density at radius 2 is 1.97 bits per heavy atom. The van der Waals surface area contributed by atoms with Gasteiger partial charge in [0.1, 0.15) is 0 Å². The van der Waals surface area contributed by atoms with E-state index in [-0.39, 0.29) is 17.7 Å². The van der Waals surface area contributed by atoms with E-state index in [0.717, 1.165) is 69.0 Å². The fourth-order valence-corrected chi connectivity index (χ4v) is 4.55. The second kappa shape index (κ2) is 9.22. The molecule has 7 heteroatoms. The van der Waals surface area contributed by atoms with E-state index < -0.39 is 0 Å². The van der Waals surface area contributed by atoms with Gasteiger partial charge >= 0.3 is 0 Å². The molecule has 0 bridgehead atoms. The third-order valence-corrected chi connectivity index (χ3v) is 6.34. The Morgan fingerprint density at radius 3 is 2.69 bits per heavy atom. The standard InChI is InChI=1S/C22H32N4O3/c1-2-3-10-23-22-24-13-18-20(25-22)19(15-4-6-17(27)7-5-15)14-26(21(18)28)16-8-11-29-12-9-16/h13-17,27H,2-12H2,1H3,(H,23,24,25)/t15-,17-. The van der Waals surface area contributed by atoms with Crippen LogP contribution in [0.5, 0.6) is 0 Å². The zero-order chi connectivity index (χ0) is 20.2. The molecule has 2 aliphatic rings. The molecule has 0 radical (unpaired) electrons. The fourth-order valence-electron chi connectivity index (χ4n) is 4.55. The van der Waals surface area contributed by atoms with Crippen molar-refractivity contribution in [3.05, 3.63) is 28.3 Å². The topological polar surface area (TPSA) is 89.3 Å². The van der Waals surface area contributed by atoms with Gasteiger partial charge in [-0.3, -0.25) is 4.79 Å². The van der Waals surface area contributed by atoms with Crippen molar-refractivity contribution in [1.29, 1.82) is 0 Å². The third kappa shape index (κ3) is 4.46. The van der Waals surface area contributed by atoms with Crippen LogP contribution in [0.1, 0.15) is 75.8 Å². The Hall–Kier alpha value is -1.99. The zero-order valence-corrected chi connectivity index (χ0v) is 17.3. The predicted octanol–water partition coefficient (Wildman–Crippen LogP) is 3.37. The summed E-state index contributed by atoms with van der Waals surface area (Å²) in [5.41, 5.74) is 1.89. The quantitative estimate of drug-likeness (QED) is 0.723. The Balaban J connectivity index is 1.77. The van der Waals surface area contributed by atoms with E-state index in [9.17, 15) is 9.90 Å². The Kier molecular flexibility index (Phi) is 6.45. The van der Waals surface area contributed by atoms with Crippen LogP contribution in [0.3, 0.4) is 0 Å². The molecule has 158 valence electrons. The lowest BCUT2D eigenvalue weighted by Crippen LogP contribution is -2.30. The van der Waals surface area contributed by atoms with E-state index in [4.69, 9.17) is 9.72 Å². The van der Waals surface area contributed by atoms with E-state index in [0.29, 0.717) is 30.5 Å². The van der Waals surface area contributed by atoms with Gasteiger partial charge in [-0.15, -0.1) is 0 Å². The maximum Gasteiger partial charge on any atom is 0.261 e. The van der Waals surface area contributed by atoms with E-state index in [2.05, 4.69) is 17.2 Å². The first-order chi connectivity index (χ1) is 14.2. The molecule has 4 rings (SSSR count). The molecule has 3 heterocycles. The van der Waals surface area contributed by atoms with Crippen molar-refractivity contribution in [1.82, 2.24) is 14.5 Å². The molecule has 2 aromatic heterocycles. The van der Waals surface area contributed by atoms with Crippen molar-refractivity contribution in [2.24, 2.45) is 0 Å². The van der Waals surface area contributed by atoms with Crippen LogP contribution in [0.2, 0.25) is 0 Å². The Morgan fingerprint density at radius 1 is 1.21 bits per heavy atom. The predicted molar refractivity (Wildman–Crippen MR) is 114 cm³/mol. The summed E-state index contributed by atoms with van der Waals surface area (Å²) in [5, 5.41) is 13.8. The molecule has 0 aromatic carbocycles. The highest BCUT2D eigenvalue weighted by Gasteiger charge is 2.26. The Labute approximate surface area is 171 Å². The van der Waals surface area contributed by atoms with Gasteiger partial charge < -0.3 is 19.7 Å². The second-order valence-electron chi connectivity index (χ2n) is 8.38. The average molecular weight is 401 g/mol. The van der Waals surface area contributed by atoms with Crippen LogP contribution in [-0.2, 0) is 4.74 Å². The monoisotopic (exact) mass is 400 g/mol. The van der Waals surface area contributed by atoms with Crippen molar-refractivity contribution in [3.8, 4) is 0 Å². The summed E-state index contributed by atoms with van der Waals surface area (Å²) >= 11 is 0. The minimum atomic E-state index is -0.209. The van der Waals surface area contributed by atoms with E-state index in [1.807, 2.05) is 10.8 Å². The van der Waals surface area contributed by atoms with Crippen LogP contribution >= 0.6 is 0 Å². The first kappa shape index (κ1) is 20.3. The summed E-state index contributed by atoms with van der Waals surface area (Å²) in [6.07, 6.45) is 10.8. The minimum absolute atomic E-state index is 0.00778. The number of rotatable bonds is 6. The van der Waals surface area contributed by atoms with Gasteiger partial charge in [-0.2, -0.15) is 0 Å². The molecule has 0 spiro atoms. The molecule has 29 heavy (non-hydrogen) atoms. The van der Waals surface area contributed by atoms with Crippen LogP contribution in [-0.4, -0.2) is 45.5 Å². The molecule has 2 aromatic rings. The number of anilines is 1. The van der Waals surface area contributed by atoms with E-state index >= 15 is 0 Å². The van der Waals surface area contributed by atoms with Crippen molar-refractivity contribution in [3.63, 3.8) is 0 Å². The zero-order valence-electron chi connectivity index (χ0n) is 17.3. The number of aliphatic hydroxyl groups excluding tert-OH is 1. The molecule has 0 unspecified atom stereocenters. The van der Waals surface area contributed by atoms with Gasteiger partial charge in [-0.1, -0.05) is 13.3 Å². The minimum Gasteiger partial charge on any atom is -0.393 e. The lowest BCUT2D eigenvalue weighted by Gasteiger charge is -2.29. The number of aliphatic hydroxyl groups is 1. The number of nitrogens with one attached hydrogen (secondary N) is 1. The van der Waals surface area contributed by atoms with Gasteiger partial charge in [-0.25, -0.2) is 9.97 Å². The molecule has 1 aliphatic heterocycles. The smallest absolute Gasteiger partial charge is 0.261 e. The molecular weight excluding hydrogens is 368 g/mol. The number of ether oxygens (including phenoxy) is 1. The fraction of sp³-hybridized carbons (Fsp3) is 0.682. The summed E-state index contributed by atoms with van der Waals surface area (Å²) in [6.45, 7) is 4.36. The van der Waals surface area contributed by atoms with Gasteiger partial charge in [0.15, 0.2) is 0 Å². The number of nitrogens with zero attached hydrogens (tertiary/aromatic N) is 3. The van der Waals surface area contributed by atoms with Gasteiger partial charge in [-0.05, 0) is 56.4 Å². The molecule has 7 nitrogen and oxygen atoms in total. The van der Waals surface area contributed by atoms with Gasteiger partial charge in [0.25, 0.3) is 5.56 Å². The number of unbranched alkanes of at least 4 members (excludes halogenated alkanes) is 1. The average Bonchev–Trinajstić information content (AvgIpc) is 2.76. The maximum absolute atomic E-state index is 13.3. The first-order valence-electron chi connectivity index (χ1n) is 11.1. The SMILES string of the molecule is CCCCNc1ncc2c(=O)n(C3CCOCC3)cc([C@H]3CC[C@H](O)CC3)c2n1. The number of hydrogen-bond donors (Lipinski definition) is 2. The van der Waals surface area contributed by atoms with Gasteiger partial charge in [0.05, 0.1) is 17.0 Å². The van der Waals surface area contributed by atoms with Crippen molar-refractivity contribution < 1.29 is 9.84 Å². The highest BCUT2D eigenvalue weighted by molar-refractivity contribution is 5.81. The van der Waals surface area contributed by atoms with Crippen LogP contribution in [0, 0.1) is 0 Å². The van der Waals surface area contributed by atoms with Crippen LogP contribution in [0.4, 0.5) is 5.95 Å². The lowest BCUT2D eigenvalue weighted by molar-refractivity contribution is 0.0686. The van der Waals surface area contributed by atoms with Gasteiger partial charge in [0, 0.05) is 38.2 Å². The van der Waals surface area contributed by atoms with Crippen molar-refractivity contribution in [2.45, 2.75) is 76.4 Å².